The smallest absolute Gasteiger partial charge is 0.405 e. The van der Waals surface area contributed by atoms with Crippen molar-refractivity contribution in [3.8, 4) is 5.75 Å². The Morgan fingerprint density at radius 2 is 1.94 bits per heavy atom. The Balaban J connectivity index is 2.98. The van der Waals surface area contributed by atoms with Gasteiger partial charge in [0.1, 0.15) is 5.75 Å². The summed E-state index contributed by atoms with van der Waals surface area (Å²) in [6.07, 6.45) is -4.66. The highest BCUT2D eigenvalue weighted by atomic mass is 79.9. The highest BCUT2D eigenvalue weighted by molar-refractivity contribution is 9.10. The number of halogens is 4. The molecule has 0 aliphatic heterocycles. The lowest BCUT2D eigenvalue weighted by atomic mass is 10.2. The van der Waals surface area contributed by atoms with Crippen LogP contribution in [0.5, 0.6) is 5.75 Å². The predicted molar refractivity (Wildman–Crippen MR) is 58.2 cm³/mol. The third kappa shape index (κ3) is 4.40. The van der Waals surface area contributed by atoms with Gasteiger partial charge in [0, 0.05) is 16.6 Å². The monoisotopic (exact) mass is 297 g/mol. The molecule has 0 saturated carbocycles. The van der Waals surface area contributed by atoms with Gasteiger partial charge in [-0.05, 0) is 26.2 Å². The van der Waals surface area contributed by atoms with Gasteiger partial charge in [-0.1, -0.05) is 22.0 Å². The average Bonchev–Trinajstić information content (AvgIpc) is 2.06. The van der Waals surface area contributed by atoms with Crippen molar-refractivity contribution in [1.29, 1.82) is 0 Å². The van der Waals surface area contributed by atoms with Crippen LogP contribution in [0, 0.1) is 0 Å². The lowest BCUT2D eigenvalue weighted by Gasteiger charge is -2.16. The molecule has 1 aromatic rings. The van der Waals surface area contributed by atoms with Gasteiger partial charge >= 0.3 is 6.36 Å². The molecular formula is C10H11BrF3NO. The maximum Gasteiger partial charge on any atom is 0.573 e. The summed E-state index contributed by atoms with van der Waals surface area (Å²) in [5.41, 5.74) is 0.491. The SMILES string of the molecule is CN(C)Cc1ccc(Br)cc1OC(F)(F)F. The normalized spacial score (nSPS) is 11.9. The van der Waals surface area contributed by atoms with Crippen LogP contribution in [-0.2, 0) is 6.54 Å². The molecule has 0 saturated heterocycles. The zero-order valence-electron chi connectivity index (χ0n) is 8.81. The lowest BCUT2D eigenvalue weighted by molar-refractivity contribution is -0.275. The molecular weight excluding hydrogens is 287 g/mol. The first kappa shape index (κ1) is 13.3. The fourth-order valence-electron chi connectivity index (χ4n) is 1.22. The average molecular weight is 298 g/mol. The minimum Gasteiger partial charge on any atom is -0.405 e. The fourth-order valence-corrected chi connectivity index (χ4v) is 1.56. The second-order valence-electron chi connectivity index (χ2n) is 3.54. The van der Waals surface area contributed by atoms with E-state index in [4.69, 9.17) is 0 Å². The third-order valence-corrected chi connectivity index (χ3v) is 2.23. The largest absolute Gasteiger partial charge is 0.573 e. The second kappa shape index (κ2) is 5.05. The van der Waals surface area contributed by atoms with Crippen molar-refractivity contribution in [2.75, 3.05) is 14.1 Å². The zero-order valence-corrected chi connectivity index (χ0v) is 10.4. The minimum atomic E-state index is -4.66. The first-order valence-electron chi connectivity index (χ1n) is 4.47. The first-order valence-corrected chi connectivity index (χ1v) is 5.26. The van der Waals surface area contributed by atoms with Gasteiger partial charge < -0.3 is 9.64 Å². The Morgan fingerprint density at radius 1 is 1.31 bits per heavy atom. The molecule has 0 atom stereocenters. The Hall–Kier alpha value is -0.750. The number of rotatable bonds is 3. The molecule has 1 rings (SSSR count). The highest BCUT2D eigenvalue weighted by Gasteiger charge is 2.32. The molecule has 1 aromatic carbocycles. The first-order chi connectivity index (χ1) is 7.28. The van der Waals surface area contributed by atoms with Crippen molar-refractivity contribution in [2.45, 2.75) is 12.9 Å². The summed E-state index contributed by atoms with van der Waals surface area (Å²) in [4.78, 5) is 1.77. The van der Waals surface area contributed by atoms with Crippen molar-refractivity contribution < 1.29 is 17.9 Å². The number of hydrogen-bond acceptors (Lipinski definition) is 2. The van der Waals surface area contributed by atoms with Crippen LogP contribution < -0.4 is 4.74 Å². The van der Waals surface area contributed by atoms with Gasteiger partial charge in [-0.25, -0.2) is 0 Å². The summed E-state index contributed by atoms with van der Waals surface area (Å²) in [7, 11) is 3.55. The number of alkyl halides is 3. The molecule has 0 unspecified atom stereocenters. The molecule has 0 radical (unpaired) electrons. The second-order valence-corrected chi connectivity index (χ2v) is 4.45. The maximum absolute atomic E-state index is 12.1. The highest BCUT2D eigenvalue weighted by Crippen LogP contribution is 2.29. The molecule has 0 aliphatic rings. The van der Waals surface area contributed by atoms with Crippen LogP contribution in [0.3, 0.4) is 0 Å². The van der Waals surface area contributed by atoms with Crippen LogP contribution in [0.2, 0.25) is 0 Å². The summed E-state index contributed by atoms with van der Waals surface area (Å²) in [5, 5.41) is 0. The lowest BCUT2D eigenvalue weighted by Crippen LogP contribution is -2.19. The molecule has 0 aliphatic carbocycles. The molecule has 0 fully saturated rings. The Labute approximate surface area is 100 Å². The van der Waals surface area contributed by atoms with E-state index in [1.165, 1.54) is 6.07 Å². The van der Waals surface area contributed by atoms with Gasteiger partial charge in [0.15, 0.2) is 0 Å². The molecule has 2 nitrogen and oxygen atoms in total. The zero-order chi connectivity index (χ0) is 12.3. The van der Waals surface area contributed by atoms with Crippen LogP contribution in [-0.4, -0.2) is 25.4 Å². The standard InChI is InChI=1S/C10H11BrF3NO/c1-15(2)6-7-3-4-8(11)5-9(7)16-10(12,13)14/h3-5H,6H2,1-2H3. The van der Waals surface area contributed by atoms with Gasteiger partial charge in [0.25, 0.3) is 0 Å². The fraction of sp³-hybridized carbons (Fsp3) is 0.400. The van der Waals surface area contributed by atoms with E-state index in [0.29, 0.717) is 16.6 Å². The van der Waals surface area contributed by atoms with E-state index in [1.54, 1.807) is 31.1 Å². The molecule has 6 heteroatoms. The number of nitrogens with zero attached hydrogens (tertiary/aromatic N) is 1. The number of benzene rings is 1. The van der Waals surface area contributed by atoms with E-state index in [-0.39, 0.29) is 5.75 Å². The molecule has 0 N–H and O–H groups in total. The van der Waals surface area contributed by atoms with Crippen LogP contribution in [0.25, 0.3) is 0 Å². The minimum absolute atomic E-state index is 0.171. The summed E-state index contributed by atoms with van der Waals surface area (Å²) in [6, 6.07) is 4.60. The summed E-state index contributed by atoms with van der Waals surface area (Å²) in [5.74, 6) is -0.171. The number of ether oxygens (including phenoxy) is 1. The molecule has 0 aromatic heterocycles. The van der Waals surface area contributed by atoms with Gasteiger partial charge in [-0.3, -0.25) is 0 Å². The third-order valence-electron chi connectivity index (χ3n) is 1.74. The van der Waals surface area contributed by atoms with Crippen LogP contribution in [0.15, 0.2) is 22.7 Å². The summed E-state index contributed by atoms with van der Waals surface area (Å²) < 4.78 is 40.9. The quantitative estimate of drug-likeness (QED) is 0.848. The van der Waals surface area contributed by atoms with E-state index in [0.717, 1.165) is 0 Å². The van der Waals surface area contributed by atoms with Crippen molar-refractivity contribution in [2.24, 2.45) is 0 Å². The van der Waals surface area contributed by atoms with E-state index >= 15 is 0 Å². The molecule has 0 spiro atoms. The molecule has 90 valence electrons. The van der Waals surface area contributed by atoms with E-state index in [1.807, 2.05) is 0 Å². The Bertz CT molecular complexity index is 366. The Kier molecular flexibility index (Phi) is 4.21. The maximum atomic E-state index is 12.1. The van der Waals surface area contributed by atoms with Crippen LogP contribution >= 0.6 is 15.9 Å². The molecule has 0 bridgehead atoms. The van der Waals surface area contributed by atoms with E-state index in [9.17, 15) is 13.2 Å². The summed E-state index contributed by atoms with van der Waals surface area (Å²) >= 11 is 3.11. The molecule has 0 amide bonds. The van der Waals surface area contributed by atoms with Gasteiger partial charge in [-0.15, -0.1) is 13.2 Å². The van der Waals surface area contributed by atoms with Crippen LogP contribution in [0.4, 0.5) is 13.2 Å². The van der Waals surface area contributed by atoms with Crippen molar-refractivity contribution in [3.63, 3.8) is 0 Å². The predicted octanol–water partition coefficient (Wildman–Crippen LogP) is 3.41. The van der Waals surface area contributed by atoms with Gasteiger partial charge in [-0.2, -0.15) is 0 Å². The topological polar surface area (TPSA) is 12.5 Å². The van der Waals surface area contributed by atoms with Crippen molar-refractivity contribution in [1.82, 2.24) is 4.90 Å². The number of hydrogen-bond donors (Lipinski definition) is 0. The Morgan fingerprint density at radius 3 is 2.44 bits per heavy atom. The molecule has 16 heavy (non-hydrogen) atoms. The molecule has 0 heterocycles. The van der Waals surface area contributed by atoms with Crippen molar-refractivity contribution in [3.05, 3.63) is 28.2 Å². The van der Waals surface area contributed by atoms with E-state index in [2.05, 4.69) is 20.7 Å². The van der Waals surface area contributed by atoms with Gasteiger partial charge in [0.05, 0.1) is 0 Å². The van der Waals surface area contributed by atoms with Gasteiger partial charge in [0.2, 0.25) is 0 Å². The summed E-state index contributed by atoms with van der Waals surface area (Å²) in [6.45, 7) is 0.388. The van der Waals surface area contributed by atoms with E-state index < -0.39 is 6.36 Å². The van der Waals surface area contributed by atoms with Crippen LogP contribution in [0.1, 0.15) is 5.56 Å². The van der Waals surface area contributed by atoms with Crippen molar-refractivity contribution >= 4 is 15.9 Å².